The second kappa shape index (κ2) is 8.74. The normalized spacial score (nSPS) is 13.2. The standard InChI is InChI=1S/C14H20N2O3S2/c1-10(21(2)18)7-8-16-13(17)9-19-12-6-4-3-5-11(12)14(15)20/h3-6,10H,7-9H2,1-2H3,(H2,15,20)(H,16,17). The van der Waals surface area contributed by atoms with Gasteiger partial charge >= 0.3 is 0 Å². The van der Waals surface area contributed by atoms with Crippen molar-refractivity contribution < 1.29 is 13.7 Å². The Morgan fingerprint density at radius 1 is 1.48 bits per heavy atom. The Balaban J connectivity index is 2.40. The highest BCUT2D eigenvalue weighted by Gasteiger charge is 2.09. The Labute approximate surface area is 132 Å². The van der Waals surface area contributed by atoms with Gasteiger partial charge in [-0.3, -0.25) is 9.00 Å². The van der Waals surface area contributed by atoms with Crippen LogP contribution in [0.15, 0.2) is 24.3 Å². The van der Waals surface area contributed by atoms with Crippen molar-refractivity contribution in [1.82, 2.24) is 5.32 Å². The first-order valence-electron chi connectivity index (χ1n) is 6.52. The summed E-state index contributed by atoms with van der Waals surface area (Å²) in [5.74, 6) is 0.255. The summed E-state index contributed by atoms with van der Waals surface area (Å²) in [6.07, 6.45) is 2.32. The highest BCUT2D eigenvalue weighted by Crippen LogP contribution is 2.17. The van der Waals surface area contributed by atoms with Crippen LogP contribution in [0.4, 0.5) is 0 Å². The third-order valence-corrected chi connectivity index (χ3v) is 4.54. The maximum Gasteiger partial charge on any atom is 0.257 e. The van der Waals surface area contributed by atoms with Crippen molar-refractivity contribution in [2.75, 3.05) is 19.4 Å². The number of nitrogens with one attached hydrogen (secondary N) is 1. The van der Waals surface area contributed by atoms with Crippen LogP contribution in [0.2, 0.25) is 0 Å². The average Bonchev–Trinajstić information content (AvgIpc) is 2.45. The molecule has 0 radical (unpaired) electrons. The lowest BCUT2D eigenvalue weighted by atomic mass is 10.2. The second-order valence-corrected chi connectivity index (χ2v) is 6.84. The highest BCUT2D eigenvalue weighted by atomic mass is 32.2. The van der Waals surface area contributed by atoms with Gasteiger partial charge in [-0.2, -0.15) is 0 Å². The molecular formula is C14H20N2O3S2. The summed E-state index contributed by atoms with van der Waals surface area (Å²) in [7, 11) is -0.878. The van der Waals surface area contributed by atoms with Gasteiger partial charge in [0.15, 0.2) is 6.61 Å². The predicted octanol–water partition coefficient (Wildman–Crippen LogP) is 0.973. The summed E-state index contributed by atoms with van der Waals surface area (Å²) < 4.78 is 16.6. The Kier molecular flexibility index (Phi) is 7.31. The van der Waals surface area contributed by atoms with Crippen LogP contribution < -0.4 is 15.8 Å². The molecule has 1 amide bonds. The summed E-state index contributed by atoms with van der Waals surface area (Å²) in [6.45, 7) is 2.25. The van der Waals surface area contributed by atoms with E-state index in [2.05, 4.69) is 5.32 Å². The molecule has 1 rings (SSSR count). The molecule has 2 unspecified atom stereocenters. The predicted molar refractivity (Wildman–Crippen MR) is 89.0 cm³/mol. The van der Waals surface area contributed by atoms with Crippen molar-refractivity contribution in [3.63, 3.8) is 0 Å². The van der Waals surface area contributed by atoms with Crippen molar-refractivity contribution in [3.05, 3.63) is 29.8 Å². The highest BCUT2D eigenvalue weighted by molar-refractivity contribution is 7.84. The quantitative estimate of drug-likeness (QED) is 0.695. The lowest BCUT2D eigenvalue weighted by molar-refractivity contribution is -0.123. The Morgan fingerprint density at radius 2 is 2.14 bits per heavy atom. The number of thiocarbonyl (C=S) groups is 1. The van der Waals surface area contributed by atoms with Crippen molar-refractivity contribution in [2.24, 2.45) is 5.73 Å². The van der Waals surface area contributed by atoms with E-state index >= 15 is 0 Å². The number of carbonyl (C=O) groups is 1. The molecule has 7 heteroatoms. The molecule has 2 atom stereocenters. The van der Waals surface area contributed by atoms with Crippen LogP contribution in [0.1, 0.15) is 18.9 Å². The number of hydrogen-bond acceptors (Lipinski definition) is 4. The zero-order valence-electron chi connectivity index (χ0n) is 12.1. The molecule has 0 saturated heterocycles. The smallest absolute Gasteiger partial charge is 0.257 e. The number of carbonyl (C=O) groups excluding carboxylic acids is 1. The van der Waals surface area contributed by atoms with Crippen LogP contribution in [0.3, 0.4) is 0 Å². The number of amides is 1. The van der Waals surface area contributed by atoms with Crippen LogP contribution in [0.25, 0.3) is 0 Å². The second-order valence-electron chi connectivity index (χ2n) is 4.60. The van der Waals surface area contributed by atoms with E-state index in [0.29, 0.717) is 24.3 Å². The SMILES string of the molecule is CC(CCNC(=O)COc1ccccc1C(N)=S)S(C)=O. The van der Waals surface area contributed by atoms with Gasteiger partial charge in [-0.1, -0.05) is 31.3 Å². The van der Waals surface area contributed by atoms with Gasteiger partial charge in [0.2, 0.25) is 0 Å². The van der Waals surface area contributed by atoms with E-state index in [9.17, 15) is 9.00 Å². The molecule has 116 valence electrons. The van der Waals surface area contributed by atoms with Crippen LogP contribution in [0.5, 0.6) is 5.75 Å². The minimum atomic E-state index is -0.878. The fourth-order valence-corrected chi connectivity index (χ4v) is 2.19. The molecule has 1 aromatic carbocycles. The van der Waals surface area contributed by atoms with Crippen LogP contribution >= 0.6 is 12.2 Å². The first-order valence-corrected chi connectivity index (χ1v) is 8.55. The van der Waals surface area contributed by atoms with E-state index in [-0.39, 0.29) is 22.8 Å². The molecule has 0 saturated carbocycles. The fourth-order valence-electron chi connectivity index (χ4n) is 1.57. The number of nitrogens with two attached hydrogens (primary N) is 1. The summed E-state index contributed by atoms with van der Waals surface area (Å²) in [4.78, 5) is 11.9. The summed E-state index contributed by atoms with van der Waals surface area (Å²) >= 11 is 4.92. The van der Waals surface area contributed by atoms with Crippen molar-refractivity contribution in [3.8, 4) is 5.75 Å². The Morgan fingerprint density at radius 3 is 2.76 bits per heavy atom. The zero-order valence-corrected chi connectivity index (χ0v) is 13.8. The van der Waals surface area contributed by atoms with Crippen molar-refractivity contribution in [2.45, 2.75) is 18.6 Å². The molecule has 0 bridgehead atoms. The monoisotopic (exact) mass is 328 g/mol. The average molecular weight is 328 g/mol. The number of ether oxygens (including phenoxy) is 1. The number of hydrogen-bond donors (Lipinski definition) is 2. The largest absolute Gasteiger partial charge is 0.483 e. The zero-order chi connectivity index (χ0) is 15.8. The van der Waals surface area contributed by atoms with E-state index < -0.39 is 10.8 Å². The van der Waals surface area contributed by atoms with E-state index in [4.69, 9.17) is 22.7 Å². The maximum absolute atomic E-state index is 11.7. The maximum atomic E-state index is 11.7. The van der Waals surface area contributed by atoms with E-state index in [1.165, 1.54) is 0 Å². The van der Waals surface area contributed by atoms with E-state index in [1.54, 1.807) is 30.5 Å². The number of para-hydroxylation sites is 1. The van der Waals surface area contributed by atoms with Crippen LogP contribution in [-0.4, -0.2) is 39.8 Å². The Bertz CT molecular complexity index is 535. The molecule has 0 aromatic heterocycles. The van der Waals surface area contributed by atoms with Crippen LogP contribution in [0, 0.1) is 0 Å². The summed E-state index contributed by atoms with van der Waals surface area (Å²) in [5, 5.41) is 2.78. The number of rotatable bonds is 8. The first kappa shape index (κ1) is 17.6. The fraction of sp³-hybridized carbons (Fsp3) is 0.429. The first-order chi connectivity index (χ1) is 9.91. The molecule has 1 aromatic rings. The molecule has 0 aliphatic heterocycles. The third kappa shape index (κ3) is 6.22. The third-order valence-electron chi connectivity index (χ3n) is 2.95. The minimum absolute atomic E-state index is 0.0570. The van der Waals surface area contributed by atoms with Crippen LogP contribution in [-0.2, 0) is 15.6 Å². The van der Waals surface area contributed by atoms with E-state index in [1.807, 2.05) is 6.92 Å². The van der Waals surface area contributed by atoms with Crippen molar-refractivity contribution in [1.29, 1.82) is 0 Å². The lowest BCUT2D eigenvalue weighted by Gasteiger charge is -2.12. The summed E-state index contributed by atoms with van der Waals surface area (Å²) in [5.41, 5.74) is 6.19. The Hall–Kier alpha value is -1.47. The topological polar surface area (TPSA) is 81.4 Å². The van der Waals surface area contributed by atoms with Gasteiger partial charge < -0.3 is 15.8 Å². The summed E-state index contributed by atoms with van der Waals surface area (Å²) in [6, 6.07) is 7.04. The molecule has 5 nitrogen and oxygen atoms in total. The lowest BCUT2D eigenvalue weighted by Crippen LogP contribution is -2.31. The van der Waals surface area contributed by atoms with Crippen molar-refractivity contribution >= 4 is 33.9 Å². The molecule has 0 fully saturated rings. The number of benzene rings is 1. The van der Waals surface area contributed by atoms with Gasteiger partial charge in [0.05, 0.1) is 5.56 Å². The van der Waals surface area contributed by atoms with Gasteiger partial charge in [-0.15, -0.1) is 0 Å². The molecule has 0 aliphatic rings. The van der Waals surface area contributed by atoms with Gasteiger partial charge in [0.25, 0.3) is 5.91 Å². The van der Waals surface area contributed by atoms with Gasteiger partial charge in [-0.25, -0.2) is 0 Å². The molecule has 21 heavy (non-hydrogen) atoms. The molecule has 0 spiro atoms. The van der Waals surface area contributed by atoms with E-state index in [0.717, 1.165) is 0 Å². The molecule has 3 N–H and O–H groups in total. The van der Waals surface area contributed by atoms with Gasteiger partial charge in [0, 0.05) is 28.9 Å². The molecular weight excluding hydrogens is 308 g/mol. The van der Waals surface area contributed by atoms with Gasteiger partial charge in [-0.05, 0) is 18.6 Å². The minimum Gasteiger partial charge on any atom is -0.483 e. The molecule has 0 aliphatic carbocycles. The van der Waals surface area contributed by atoms with Gasteiger partial charge in [0.1, 0.15) is 10.7 Å². The molecule has 0 heterocycles.